The van der Waals surface area contributed by atoms with Gasteiger partial charge in [-0.1, -0.05) is 151 Å². The Morgan fingerprint density at radius 2 is 0.730 bits per heavy atom. The molecule has 28 heteroatoms. The van der Waals surface area contributed by atoms with Crippen LogP contribution in [0.15, 0.2) is 177 Å². The molecule has 6 N–H and O–H groups in total. The third-order valence-electron chi connectivity index (χ3n) is 23.2. The summed E-state index contributed by atoms with van der Waals surface area (Å²) in [5, 5.41) is 12.4. The van der Waals surface area contributed by atoms with Crippen molar-refractivity contribution in [3.8, 4) is 50.6 Å². The molecule has 9 aromatic carbocycles. The zero-order valence-corrected chi connectivity index (χ0v) is 76.1. The number of nitrogens with zero attached hydrogens (tertiary/aromatic N) is 3. The second-order valence-electron chi connectivity index (χ2n) is 32.6. The molecule has 3 heterocycles. The molecule has 0 saturated heterocycles. The highest BCUT2D eigenvalue weighted by molar-refractivity contribution is 7.22. The molecule has 3 aromatic heterocycles. The molecule has 3 saturated carbocycles. The predicted octanol–water partition coefficient (Wildman–Crippen LogP) is 25.6. The van der Waals surface area contributed by atoms with Crippen LogP contribution in [0.5, 0.6) is 17.2 Å². The van der Waals surface area contributed by atoms with E-state index in [2.05, 4.69) is 18.5 Å². The maximum absolute atomic E-state index is 14.8. The van der Waals surface area contributed by atoms with Crippen LogP contribution in [-0.2, 0) is 24.4 Å². The van der Waals surface area contributed by atoms with E-state index in [1.165, 1.54) is 0 Å². The van der Waals surface area contributed by atoms with E-state index in [1.54, 1.807) is 75.9 Å². The molecule has 12 aromatic rings. The fourth-order valence-electron chi connectivity index (χ4n) is 16.4. The molecular weight excluding hydrogens is 1760 g/mol. The molecule has 3 aliphatic carbocycles. The summed E-state index contributed by atoms with van der Waals surface area (Å²) in [6.45, 7) is 15.4. The maximum atomic E-state index is 14.8. The van der Waals surface area contributed by atoms with Crippen LogP contribution >= 0.6 is 81.2 Å². The van der Waals surface area contributed by atoms with Gasteiger partial charge < -0.3 is 55.5 Å². The van der Waals surface area contributed by atoms with E-state index < -0.39 is 58.6 Å². The Bertz CT molecular complexity index is 5730. The first-order chi connectivity index (χ1) is 59.8. The predicted molar refractivity (Wildman–Crippen MR) is 499 cm³/mol. The lowest BCUT2D eigenvalue weighted by Crippen LogP contribution is -2.46. The van der Waals surface area contributed by atoms with Crippen molar-refractivity contribution in [1.82, 2.24) is 20.0 Å². The average Bonchev–Trinajstić information content (AvgIpc) is 1.62. The fraction of sp³-hybridized carbons (Fsp3) is 0.306. The molecule has 1 unspecified atom stereocenters. The summed E-state index contributed by atoms with van der Waals surface area (Å²) in [7, 11) is 4.75. The normalized spacial score (nSPS) is 17.1. The number of ether oxygens (including phenoxy) is 4. The van der Waals surface area contributed by atoms with Gasteiger partial charge in [-0.25, -0.2) is 31.1 Å². The number of hydrogen-bond acceptors (Lipinski definition) is 14. The van der Waals surface area contributed by atoms with E-state index in [0.29, 0.717) is 42.9 Å². The van der Waals surface area contributed by atoms with Crippen LogP contribution in [0, 0.1) is 34.9 Å². The third kappa shape index (κ3) is 21.7. The number of carbonyl (C=O) groups is 4. The van der Waals surface area contributed by atoms with Gasteiger partial charge in [-0.3, -0.25) is 14.4 Å². The van der Waals surface area contributed by atoms with Gasteiger partial charge in [0.25, 0.3) is 17.7 Å². The third-order valence-corrected chi connectivity index (χ3v) is 28.2. The van der Waals surface area contributed by atoms with Crippen LogP contribution in [0.1, 0.15) is 173 Å². The summed E-state index contributed by atoms with van der Waals surface area (Å²) in [6.07, 6.45) is 10.9. The zero-order valence-electron chi connectivity index (χ0n) is 70.5. The van der Waals surface area contributed by atoms with Crippen LogP contribution in [0.3, 0.4) is 0 Å². The number of methoxy groups -OCH3 is 3. The second kappa shape index (κ2) is 41.9. The number of fused-ring (bicyclic) bond motifs is 3. The van der Waals surface area contributed by atoms with Gasteiger partial charge in [-0.05, 0) is 228 Å². The highest BCUT2D eigenvalue weighted by atomic mass is 35.5. The van der Waals surface area contributed by atoms with Crippen molar-refractivity contribution in [3.05, 3.63) is 275 Å². The molecule has 662 valence electrons. The van der Waals surface area contributed by atoms with Crippen LogP contribution < -0.4 is 31.0 Å². The van der Waals surface area contributed by atoms with Crippen LogP contribution in [0.4, 0.5) is 31.1 Å². The van der Waals surface area contributed by atoms with Crippen molar-refractivity contribution < 1.29 is 69.6 Å². The summed E-state index contributed by atoms with van der Waals surface area (Å²) >= 11 is 22.3. The highest BCUT2D eigenvalue weighted by Crippen LogP contribution is 2.46. The summed E-state index contributed by atoms with van der Waals surface area (Å²) in [5.41, 5.74) is 22.7. The highest BCUT2D eigenvalue weighted by Gasteiger charge is 2.38. The first-order valence-electron chi connectivity index (χ1n) is 41.2. The Morgan fingerprint density at radius 3 is 1.00 bits per heavy atom. The molecule has 15 nitrogen and oxygen atoms in total. The van der Waals surface area contributed by atoms with Crippen molar-refractivity contribution in [2.75, 3.05) is 21.3 Å². The van der Waals surface area contributed by atoms with Gasteiger partial charge in [0, 0.05) is 72.6 Å². The number of halogens is 10. The van der Waals surface area contributed by atoms with Crippen molar-refractivity contribution >= 4 is 147 Å². The monoisotopic (exact) mass is 1850 g/mol. The van der Waals surface area contributed by atoms with Crippen molar-refractivity contribution in [1.29, 1.82) is 0 Å². The fourth-order valence-corrected chi connectivity index (χ4v) is 20.9. The minimum atomic E-state index is -0.696. The molecule has 15 rings (SSSR count). The Morgan fingerprint density at radius 1 is 0.452 bits per heavy atom. The lowest BCUT2D eigenvalue weighted by atomic mass is 9.89. The van der Waals surface area contributed by atoms with Gasteiger partial charge >= 0.3 is 6.09 Å². The Hall–Kier alpha value is -9.96. The molecule has 0 bridgehead atoms. The molecular formula is C98H98Cl4F6N6O9S3. The van der Waals surface area contributed by atoms with Gasteiger partial charge in [0.15, 0.2) is 0 Å². The number of benzene rings is 9. The maximum Gasteiger partial charge on any atom is 0.407 e. The van der Waals surface area contributed by atoms with Crippen molar-refractivity contribution in [3.63, 3.8) is 0 Å². The van der Waals surface area contributed by atoms with Gasteiger partial charge in [-0.15, -0.1) is 46.4 Å². The van der Waals surface area contributed by atoms with Crippen molar-refractivity contribution in [2.24, 2.45) is 11.5 Å². The number of alkyl carbamates (subject to hydrolysis) is 1. The second-order valence-corrected chi connectivity index (χ2v) is 36.7. The van der Waals surface area contributed by atoms with E-state index in [1.807, 2.05) is 127 Å². The van der Waals surface area contributed by atoms with Crippen molar-refractivity contribution in [2.45, 2.75) is 172 Å². The molecule has 4 amide bonds. The molecule has 0 aliphatic heterocycles. The minimum Gasteiger partial charge on any atom is -0.496 e. The number of carbonyl (C=O) groups excluding carboxylic acids is 4. The van der Waals surface area contributed by atoms with Gasteiger partial charge in [-0.2, -0.15) is 0 Å². The number of aliphatic hydroxyl groups is 1. The number of thiophene rings is 3. The summed E-state index contributed by atoms with van der Waals surface area (Å²) in [6, 6.07) is 46.9. The zero-order chi connectivity index (χ0) is 89.4. The minimum absolute atomic E-state index is 0. The number of amides is 4. The molecule has 3 aliphatic rings. The molecule has 1 atom stereocenters. The van der Waals surface area contributed by atoms with E-state index in [4.69, 9.17) is 65.2 Å². The number of aliphatic hydroxyl groups excluding tert-OH is 1. The van der Waals surface area contributed by atoms with E-state index in [9.17, 15) is 50.6 Å². The molecule has 3 fully saturated rings. The van der Waals surface area contributed by atoms with E-state index in [-0.39, 0.29) is 140 Å². The van der Waals surface area contributed by atoms with Crippen LogP contribution in [0.25, 0.3) is 75.8 Å². The molecule has 0 spiro atoms. The van der Waals surface area contributed by atoms with E-state index >= 15 is 0 Å². The summed E-state index contributed by atoms with van der Waals surface area (Å²) in [4.78, 5) is 60.5. The number of nitrogens with one attached hydrogen (secondary N) is 1. The number of rotatable bonds is 22. The Labute approximate surface area is 762 Å². The Balaban J connectivity index is 0.000000172. The van der Waals surface area contributed by atoms with E-state index in [0.717, 1.165) is 189 Å². The van der Waals surface area contributed by atoms with Gasteiger partial charge in [0.1, 0.15) is 72.4 Å². The lowest BCUT2D eigenvalue weighted by molar-refractivity contribution is 0.0453. The number of nitrogens with two attached hydrogens (primary N) is 2. The molecule has 126 heavy (non-hydrogen) atoms. The average molecular weight is 1860 g/mol. The largest absolute Gasteiger partial charge is 0.496 e. The first kappa shape index (κ1) is 95.2. The SMILES string of the molecule is C=Cc1ccc(-c2ccc(OC)c(CN(C(=O)c3sc4c(F)ccc(F)c4c3Cl)C3CCC(N)CC3)c2)cc1.C=Cc1ccc(-c2ccc(OC)c(CN(C(=O)c3sc4c(F)ccc(F)c4c3Cl)C3CCC(N)CC3)c2)cc1.COc1ccc(-c2ccc(C(C)O)cc2)cc1CN(C(=O)c1sc2c(F)ccc(F)c2c1Cl)C1CCC(NC(=O)OC(C)(C)C)CC1.Cl. The van der Waals surface area contributed by atoms with Gasteiger partial charge in [0.2, 0.25) is 0 Å². The number of hydrogen-bond donors (Lipinski definition) is 4. The summed E-state index contributed by atoms with van der Waals surface area (Å²) < 4.78 is 110. The Kier molecular flexibility index (Phi) is 31.6. The smallest absolute Gasteiger partial charge is 0.407 e. The van der Waals surface area contributed by atoms with Gasteiger partial charge in [0.05, 0.1) is 72.8 Å². The summed E-state index contributed by atoms with van der Waals surface area (Å²) in [5.74, 6) is -3.16. The topological polar surface area (TPSA) is 199 Å². The lowest BCUT2D eigenvalue weighted by Gasteiger charge is -2.37. The quantitative estimate of drug-likeness (QED) is 0.0471. The molecule has 0 radical (unpaired) electrons. The van der Waals surface area contributed by atoms with Crippen LogP contribution in [0.2, 0.25) is 15.1 Å². The van der Waals surface area contributed by atoms with Crippen LogP contribution in [-0.4, -0.2) is 107 Å². The first-order valence-corrected chi connectivity index (χ1v) is 44.8. The standard InChI is InChI=1S/C36H39ClF2N2O5S.2C31H29ClF2N2O2S.ClH/c1-20(42)21-6-8-22(9-7-21)23-10-17-29(45-5)24(18-23)19-41(26-13-11-25(12-14-26)40-35(44)46-36(2,3)4)34(43)33-31(37)30-27(38)15-16-28(39)32(30)47-33;2*1-3-18-4-6-19(7-5-18)20-8-15-26(38-2)21(16-20)17-36(23-11-9-22(35)10-12-23)31(37)30-28(32)27-24(33)13-14-25(34)29(27)39-30;/h6-10,15-18,20,25-26,42H,11-14,19H2,1-5H3,(H,40,44);2*3-8,13-16,22-23H,1,9-12,17,35H2,2H3;1H.